The molecule has 6 nitrogen and oxygen atoms in total. The lowest BCUT2D eigenvalue weighted by Gasteiger charge is -2.22. The molecule has 0 fully saturated rings. The molecular formula is C26H19Cl2N3O3. The van der Waals surface area contributed by atoms with Crippen LogP contribution in [0.4, 0.5) is 0 Å². The summed E-state index contributed by atoms with van der Waals surface area (Å²) in [7, 11) is 0. The highest BCUT2D eigenvalue weighted by atomic mass is 35.5. The number of aromatic nitrogens is 2. The Balaban J connectivity index is 1.54. The Morgan fingerprint density at radius 1 is 1.00 bits per heavy atom. The van der Waals surface area contributed by atoms with Crippen LogP contribution in [0.3, 0.4) is 0 Å². The largest absolute Gasteiger partial charge is 0.493 e. The molecule has 1 unspecified atom stereocenters. The first-order valence-electron chi connectivity index (χ1n) is 10.7. The quantitative estimate of drug-likeness (QED) is 0.426. The Bertz CT molecular complexity index is 1440. The summed E-state index contributed by atoms with van der Waals surface area (Å²) in [4.78, 5) is 25.7. The minimum absolute atomic E-state index is 0.0936. The van der Waals surface area contributed by atoms with Gasteiger partial charge in [0.15, 0.2) is 0 Å². The molecule has 0 aliphatic carbocycles. The minimum atomic E-state index is -0.594. The number of hydrogen-bond donors (Lipinski definition) is 1. The lowest BCUT2D eigenvalue weighted by Crippen LogP contribution is -2.32. The molecule has 34 heavy (non-hydrogen) atoms. The Morgan fingerprint density at radius 2 is 1.82 bits per heavy atom. The van der Waals surface area contributed by atoms with Gasteiger partial charge >= 0.3 is 0 Å². The molecule has 1 N–H and O–H groups in total. The Hall–Kier alpha value is -3.61. The number of halogens is 2. The van der Waals surface area contributed by atoms with Crippen molar-refractivity contribution in [2.24, 2.45) is 0 Å². The molecule has 1 aliphatic heterocycles. The molecule has 3 aromatic carbocycles. The van der Waals surface area contributed by atoms with E-state index >= 15 is 0 Å². The first-order valence-corrected chi connectivity index (χ1v) is 11.4. The van der Waals surface area contributed by atoms with Gasteiger partial charge in [-0.2, -0.15) is 9.78 Å². The number of hydrogen-bond acceptors (Lipinski definition) is 4. The van der Waals surface area contributed by atoms with Crippen molar-refractivity contribution in [1.29, 1.82) is 0 Å². The van der Waals surface area contributed by atoms with Gasteiger partial charge in [0, 0.05) is 22.5 Å². The van der Waals surface area contributed by atoms with E-state index in [9.17, 15) is 9.59 Å². The number of para-hydroxylation sites is 1. The van der Waals surface area contributed by atoms with Gasteiger partial charge in [0.05, 0.1) is 18.3 Å². The zero-order chi connectivity index (χ0) is 23.7. The van der Waals surface area contributed by atoms with Gasteiger partial charge in [-0.3, -0.25) is 9.59 Å². The molecule has 1 aliphatic rings. The molecule has 0 bridgehead atoms. The monoisotopic (exact) mass is 491 g/mol. The fourth-order valence-electron chi connectivity index (χ4n) is 3.95. The zero-order valence-electron chi connectivity index (χ0n) is 17.9. The maximum absolute atomic E-state index is 13.3. The fraction of sp³-hybridized carbons (Fsp3) is 0.115. The van der Waals surface area contributed by atoms with Crippen LogP contribution in [0.1, 0.15) is 33.2 Å². The first kappa shape index (κ1) is 22.2. The highest BCUT2D eigenvalue weighted by Crippen LogP contribution is 2.34. The average molecular weight is 492 g/mol. The van der Waals surface area contributed by atoms with Gasteiger partial charge < -0.3 is 10.1 Å². The van der Waals surface area contributed by atoms with E-state index in [4.69, 9.17) is 27.9 Å². The van der Waals surface area contributed by atoms with Gasteiger partial charge in [0.2, 0.25) is 0 Å². The number of amides is 1. The third kappa shape index (κ3) is 4.42. The van der Waals surface area contributed by atoms with Gasteiger partial charge in [-0.15, -0.1) is 0 Å². The fourth-order valence-corrected chi connectivity index (χ4v) is 4.36. The topological polar surface area (TPSA) is 73.2 Å². The van der Waals surface area contributed by atoms with Gasteiger partial charge in [0.25, 0.3) is 11.5 Å². The zero-order valence-corrected chi connectivity index (χ0v) is 19.4. The van der Waals surface area contributed by atoms with Crippen LogP contribution in [0, 0.1) is 0 Å². The summed E-state index contributed by atoms with van der Waals surface area (Å²) >= 11 is 12.8. The van der Waals surface area contributed by atoms with Crippen LogP contribution in [0.5, 0.6) is 5.75 Å². The number of benzene rings is 3. The van der Waals surface area contributed by atoms with Crippen LogP contribution < -0.4 is 15.6 Å². The molecule has 4 aromatic rings. The first-order chi connectivity index (χ1) is 16.5. The molecule has 170 valence electrons. The highest BCUT2D eigenvalue weighted by molar-refractivity contribution is 6.33. The van der Waals surface area contributed by atoms with Crippen LogP contribution in [0.15, 0.2) is 83.7 Å². The SMILES string of the molecule is O=C(NC(c1ccc2c(c1)CCO2)c1cc(Cl)ccc1Cl)c1ccc(=O)n(-c2ccccc2)n1. The third-order valence-corrected chi connectivity index (χ3v) is 6.20. The summed E-state index contributed by atoms with van der Waals surface area (Å²) in [5, 5.41) is 8.28. The predicted octanol–water partition coefficient (Wildman–Crippen LogP) is 4.99. The van der Waals surface area contributed by atoms with Crippen molar-refractivity contribution in [3.63, 3.8) is 0 Å². The van der Waals surface area contributed by atoms with E-state index < -0.39 is 11.9 Å². The van der Waals surface area contributed by atoms with Crippen LogP contribution >= 0.6 is 23.2 Å². The van der Waals surface area contributed by atoms with E-state index in [1.165, 1.54) is 16.8 Å². The second-order valence-electron chi connectivity index (χ2n) is 7.84. The Labute approximate surface area is 205 Å². The number of rotatable bonds is 5. The Morgan fingerprint density at radius 3 is 2.65 bits per heavy atom. The predicted molar refractivity (Wildman–Crippen MR) is 131 cm³/mol. The summed E-state index contributed by atoms with van der Waals surface area (Å²) in [5.41, 5.74) is 2.86. The van der Waals surface area contributed by atoms with Crippen LogP contribution in [-0.4, -0.2) is 22.3 Å². The molecule has 8 heteroatoms. The van der Waals surface area contributed by atoms with Crippen LogP contribution in [0.25, 0.3) is 5.69 Å². The third-order valence-electron chi connectivity index (χ3n) is 5.62. The second-order valence-corrected chi connectivity index (χ2v) is 8.69. The summed E-state index contributed by atoms with van der Waals surface area (Å²) in [5.74, 6) is 0.380. The molecule has 0 radical (unpaired) electrons. The standard InChI is InChI=1S/C26H19Cl2N3O3/c27-18-7-8-21(28)20(15-18)25(17-6-10-23-16(14-17)12-13-34-23)29-26(33)22-9-11-24(32)31(30-22)19-4-2-1-3-5-19/h1-11,14-15,25H,12-13H2,(H,29,33). The van der Waals surface area contributed by atoms with E-state index in [0.717, 1.165) is 23.3 Å². The van der Waals surface area contributed by atoms with E-state index in [2.05, 4.69) is 10.4 Å². The summed E-state index contributed by atoms with van der Waals surface area (Å²) < 4.78 is 6.82. The summed E-state index contributed by atoms with van der Waals surface area (Å²) in [6.45, 7) is 0.624. The molecule has 0 spiro atoms. The average Bonchev–Trinajstić information content (AvgIpc) is 3.33. The van der Waals surface area contributed by atoms with Crippen molar-refractivity contribution in [2.45, 2.75) is 12.5 Å². The molecular weight excluding hydrogens is 473 g/mol. The summed E-state index contributed by atoms with van der Waals surface area (Å²) in [6.07, 6.45) is 0.788. The smallest absolute Gasteiger partial charge is 0.272 e. The normalized spacial score (nSPS) is 13.1. The molecule has 1 atom stereocenters. The van der Waals surface area contributed by atoms with Crippen molar-refractivity contribution in [1.82, 2.24) is 15.1 Å². The van der Waals surface area contributed by atoms with Gasteiger partial charge in [-0.05, 0) is 65.2 Å². The van der Waals surface area contributed by atoms with E-state index in [0.29, 0.717) is 27.9 Å². The maximum atomic E-state index is 13.3. The molecule has 5 rings (SSSR count). The molecule has 1 aromatic heterocycles. The van der Waals surface area contributed by atoms with E-state index in [1.807, 2.05) is 24.3 Å². The van der Waals surface area contributed by atoms with Gasteiger partial charge in [-0.25, -0.2) is 0 Å². The number of ether oxygens (including phenoxy) is 1. The van der Waals surface area contributed by atoms with Crippen LogP contribution in [-0.2, 0) is 6.42 Å². The van der Waals surface area contributed by atoms with Gasteiger partial charge in [0.1, 0.15) is 11.4 Å². The number of nitrogens with zero attached hydrogens (tertiary/aromatic N) is 2. The van der Waals surface area contributed by atoms with Gasteiger partial charge in [-0.1, -0.05) is 47.5 Å². The molecule has 0 saturated carbocycles. The minimum Gasteiger partial charge on any atom is -0.493 e. The number of nitrogens with one attached hydrogen (secondary N) is 1. The Kier molecular flexibility index (Phi) is 6.09. The highest BCUT2D eigenvalue weighted by Gasteiger charge is 2.24. The molecule has 0 saturated heterocycles. The second kappa shape index (κ2) is 9.33. The van der Waals surface area contributed by atoms with E-state index in [-0.39, 0.29) is 11.3 Å². The maximum Gasteiger partial charge on any atom is 0.272 e. The van der Waals surface area contributed by atoms with Crippen molar-refractivity contribution in [3.05, 3.63) is 122 Å². The number of carbonyl (C=O) groups excluding carboxylic acids is 1. The van der Waals surface area contributed by atoms with Crippen molar-refractivity contribution in [3.8, 4) is 11.4 Å². The number of fused-ring (bicyclic) bond motifs is 1. The van der Waals surface area contributed by atoms with Crippen molar-refractivity contribution >= 4 is 29.1 Å². The van der Waals surface area contributed by atoms with Crippen molar-refractivity contribution < 1.29 is 9.53 Å². The van der Waals surface area contributed by atoms with E-state index in [1.54, 1.807) is 42.5 Å². The number of carbonyl (C=O) groups is 1. The summed E-state index contributed by atoms with van der Waals surface area (Å²) in [6, 6.07) is 22.0. The lowest BCUT2D eigenvalue weighted by atomic mass is 9.96. The lowest BCUT2D eigenvalue weighted by molar-refractivity contribution is 0.0936. The molecule has 2 heterocycles. The van der Waals surface area contributed by atoms with Crippen LogP contribution in [0.2, 0.25) is 10.0 Å². The van der Waals surface area contributed by atoms with Crippen molar-refractivity contribution in [2.75, 3.05) is 6.61 Å². The molecule has 1 amide bonds.